The molecule has 1 aromatic carbocycles. The van der Waals surface area contributed by atoms with Gasteiger partial charge in [0.15, 0.2) is 5.78 Å². The highest BCUT2D eigenvalue weighted by molar-refractivity contribution is 6.08. The number of ketones is 1. The van der Waals surface area contributed by atoms with E-state index >= 15 is 0 Å². The summed E-state index contributed by atoms with van der Waals surface area (Å²) in [6.07, 6.45) is 1.40. The van der Waals surface area contributed by atoms with Crippen LogP contribution in [0.25, 0.3) is 0 Å². The quantitative estimate of drug-likeness (QED) is 0.413. The van der Waals surface area contributed by atoms with Gasteiger partial charge in [0.25, 0.3) is 0 Å². The van der Waals surface area contributed by atoms with E-state index in [2.05, 4.69) is 6.58 Å². The van der Waals surface area contributed by atoms with Gasteiger partial charge >= 0.3 is 0 Å². The van der Waals surface area contributed by atoms with Crippen LogP contribution in [0, 0.1) is 0 Å². The first-order chi connectivity index (χ1) is 6.69. The predicted octanol–water partition coefficient (Wildman–Crippen LogP) is 2.65. The molecule has 0 amide bonds. The topological polar surface area (TPSA) is 34.1 Å². The lowest BCUT2D eigenvalue weighted by Crippen LogP contribution is -2.01. The molecule has 0 aliphatic heterocycles. The van der Waals surface area contributed by atoms with Gasteiger partial charge in [-0.1, -0.05) is 37.8 Å². The molecule has 0 aromatic heterocycles. The number of Topliss-reactive ketones (excluding diaryl/α,β-unsaturated/α-hetero) is 1. The largest absolute Gasteiger partial charge is 0.298 e. The summed E-state index contributed by atoms with van der Waals surface area (Å²) < 4.78 is 0. The Morgan fingerprint density at radius 2 is 1.93 bits per heavy atom. The van der Waals surface area contributed by atoms with Gasteiger partial charge in [0, 0.05) is 11.1 Å². The van der Waals surface area contributed by atoms with E-state index in [1.165, 1.54) is 0 Å². The Labute approximate surface area is 83.3 Å². The van der Waals surface area contributed by atoms with Crippen LogP contribution in [-0.4, -0.2) is 12.1 Å². The lowest BCUT2D eigenvalue weighted by atomic mass is 10.0. The monoisotopic (exact) mass is 188 g/mol. The second kappa shape index (κ2) is 4.51. The molecule has 0 fully saturated rings. The van der Waals surface area contributed by atoms with Crippen molar-refractivity contribution in [2.45, 2.75) is 13.3 Å². The van der Waals surface area contributed by atoms with Gasteiger partial charge in [-0.3, -0.25) is 9.59 Å². The van der Waals surface area contributed by atoms with Crippen molar-refractivity contribution in [2.75, 3.05) is 0 Å². The third-order valence-corrected chi connectivity index (χ3v) is 2.06. The fourth-order valence-electron chi connectivity index (χ4n) is 1.08. The van der Waals surface area contributed by atoms with Crippen LogP contribution in [0.5, 0.6) is 0 Å². The molecule has 2 heteroatoms. The van der Waals surface area contributed by atoms with E-state index in [-0.39, 0.29) is 5.78 Å². The van der Waals surface area contributed by atoms with Gasteiger partial charge in [-0.05, 0) is 12.0 Å². The van der Waals surface area contributed by atoms with Gasteiger partial charge in [0.1, 0.15) is 6.29 Å². The van der Waals surface area contributed by atoms with Crippen molar-refractivity contribution in [3.8, 4) is 0 Å². The first kappa shape index (κ1) is 10.4. The minimum Gasteiger partial charge on any atom is -0.298 e. The maximum absolute atomic E-state index is 11.6. The van der Waals surface area contributed by atoms with E-state index in [4.69, 9.17) is 0 Å². The van der Waals surface area contributed by atoms with E-state index in [0.29, 0.717) is 23.1 Å². The van der Waals surface area contributed by atoms with Crippen LogP contribution >= 0.6 is 0 Å². The third-order valence-electron chi connectivity index (χ3n) is 2.06. The number of rotatable bonds is 4. The van der Waals surface area contributed by atoms with Crippen LogP contribution < -0.4 is 0 Å². The van der Waals surface area contributed by atoms with Crippen LogP contribution in [-0.2, 0) is 0 Å². The molecule has 14 heavy (non-hydrogen) atoms. The highest BCUT2D eigenvalue weighted by Crippen LogP contribution is 2.10. The zero-order valence-corrected chi connectivity index (χ0v) is 8.12. The summed E-state index contributed by atoms with van der Waals surface area (Å²) >= 11 is 0. The summed E-state index contributed by atoms with van der Waals surface area (Å²) in [6, 6.07) is 6.55. The normalized spacial score (nSPS) is 9.50. The maximum atomic E-state index is 11.6. The summed E-state index contributed by atoms with van der Waals surface area (Å²) in [4.78, 5) is 22.0. The van der Waals surface area contributed by atoms with E-state index < -0.39 is 0 Å². The lowest BCUT2D eigenvalue weighted by molar-refractivity contribution is 0.103. The molecular formula is C12H12O2. The molecule has 0 saturated heterocycles. The average molecular weight is 188 g/mol. The van der Waals surface area contributed by atoms with E-state index in [1.54, 1.807) is 24.3 Å². The minimum absolute atomic E-state index is 0.0510. The first-order valence-electron chi connectivity index (χ1n) is 4.46. The van der Waals surface area contributed by atoms with Gasteiger partial charge in [-0.15, -0.1) is 0 Å². The number of carbonyl (C=O) groups is 2. The molecule has 0 bridgehead atoms. The zero-order chi connectivity index (χ0) is 10.6. The minimum atomic E-state index is -0.0510. The Morgan fingerprint density at radius 1 is 1.36 bits per heavy atom. The van der Waals surface area contributed by atoms with Crippen LogP contribution in [0.2, 0.25) is 0 Å². The van der Waals surface area contributed by atoms with E-state index in [9.17, 15) is 9.59 Å². The zero-order valence-electron chi connectivity index (χ0n) is 8.12. The fourth-order valence-corrected chi connectivity index (χ4v) is 1.08. The van der Waals surface area contributed by atoms with Crippen LogP contribution in [0.3, 0.4) is 0 Å². The fraction of sp³-hybridized carbons (Fsp3) is 0.167. The number of carbonyl (C=O) groups excluding carboxylic acids is 2. The lowest BCUT2D eigenvalue weighted by Gasteiger charge is -2.01. The number of aldehydes is 1. The second-order valence-corrected chi connectivity index (χ2v) is 3.03. The number of benzene rings is 1. The molecule has 1 aromatic rings. The molecule has 0 aliphatic rings. The Kier molecular flexibility index (Phi) is 3.35. The Bertz CT molecular complexity index is 360. The number of hydrogen-bond donors (Lipinski definition) is 0. The maximum Gasteiger partial charge on any atom is 0.188 e. The number of allylic oxidation sites excluding steroid dienone is 1. The van der Waals surface area contributed by atoms with Crippen molar-refractivity contribution >= 4 is 12.1 Å². The van der Waals surface area contributed by atoms with Gasteiger partial charge in [0.2, 0.25) is 0 Å². The molecule has 1 rings (SSSR count). The summed E-state index contributed by atoms with van der Waals surface area (Å²) in [5, 5.41) is 0. The van der Waals surface area contributed by atoms with Crippen molar-refractivity contribution < 1.29 is 9.59 Å². The summed E-state index contributed by atoms with van der Waals surface area (Å²) in [5.74, 6) is -0.0510. The van der Waals surface area contributed by atoms with Crippen molar-refractivity contribution in [1.29, 1.82) is 0 Å². The van der Waals surface area contributed by atoms with E-state index in [0.717, 1.165) is 6.29 Å². The van der Waals surface area contributed by atoms with Crippen molar-refractivity contribution in [1.82, 2.24) is 0 Å². The molecule has 0 radical (unpaired) electrons. The highest BCUT2D eigenvalue weighted by atomic mass is 16.1. The molecule has 0 N–H and O–H groups in total. The highest BCUT2D eigenvalue weighted by Gasteiger charge is 2.07. The van der Waals surface area contributed by atoms with Crippen LogP contribution in [0.1, 0.15) is 34.1 Å². The predicted molar refractivity (Wildman–Crippen MR) is 55.6 cm³/mol. The van der Waals surface area contributed by atoms with Gasteiger partial charge in [0.05, 0.1) is 0 Å². The number of hydrogen-bond acceptors (Lipinski definition) is 2. The molecule has 72 valence electrons. The average Bonchev–Trinajstić information content (AvgIpc) is 2.27. The van der Waals surface area contributed by atoms with Gasteiger partial charge in [-0.25, -0.2) is 0 Å². The molecule has 2 nitrogen and oxygen atoms in total. The van der Waals surface area contributed by atoms with Gasteiger partial charge in [-0.2, -0.15) is 0 Å². The summed E-state index contributed by atoms with van der Waals surface area (Å²) in [6.45, 7) is 5.56. The summed E-state index contributed by atoms with van der Waals surface area (Å²) in [7, 11) is 0. The molecule has 0 aliphatic carbocycles. The molecule has 0 atom stereocenters. The van der Waals surface area contributed by atoms with Crippen LogP contribution in [0.4, 0.5) is 0 Å². The van der Waals surface area contributed by atoms with Crippen LogP contribution in [0.15, 0.2) is 36.4 Å². The van der Waals surface area contributed by atoms with Gasteiger partial charge < -0.3 is 0 Å². The first-order valence-corrected chi connectivity index (χ1v) is 4.46. The standard InChI is InChI=1S/C12H12O2/c1-3-9(2)12(14)11-6-4-10(8-13)5-7-11/h4-8H,2-3H2,1H3. The smallest absolute Gasteiger partial charge is 0.188 e. The third kappa shape index (κ3) is 2.16. The molecule has 0 saturated carbocycles. The van der Waals surface area contributed by atoms with E-state index in [1.807, 2.05) is 6.92 Å². The molecule has 0 heterocycles. The van der Waals surface area contributed by atoms with Crippen molar-refractivity contribution in [3.05, 3.63) is 47.5 Å². The molecule has 0 spiro atoms. The molecular weight excluding hydrogens is 176 g/mol. The Morgan fingerprint density at radius 3 is 2.36 bits per heavy atom. The van der Waals surface area contributed by atoms with Crippen molar-refractivity contribution in [3.63, 3.8) is 0 Å². The van der Waals surface area contributed by atoms with Crippen molar-refractivity contribution in [2.24, 2.45) is 0 Å². The second-order valence-electron chi connectivity index (χ2n) is 3.03. The Balaban J connectivity index is 2.92. The summed E-state index contributed by atoms with van der Waals surface area (Å²) in [5.41, 5.74) is 1.75. The molecule has 0 unspecified atom stereocenters. The Hall–Kier alpha value is -1.70. The SMILES string of the molecule is C=C(CC)C(=O)c1ccc(C=O)cc1.